The summed E-state index contributed by atoms with van der Waals surface area (Å²) in [5.41, 5.74) is 1.46. The lowest BCUT2D eigenvalue weighted by molar-refractivity contribution is -0.383. The molecule has 10 heteroatoms. The number of rotatable bonds is 5. The number of nitro benzene ring substituents is 1. The van der Waals surface area contributed by atoms with Gasteiger partial charge in [-0.1, -0.05) is 0 Å². The van der Waals surface area contributed by atoms with E-state index < -0.39 is 10.8 Å². The first kappa shape index (κ1) is 21.3. The standard InChI is InChI=1S/C22H22N6O4/c23-14-16-12-20(28(31)32)18(13-19(16)26-10-7-24-8-11-26)25-22(30)15-3-5-17(6-4-15)27-9-1-2-21(27)29/h3-6,12-13,24H,1-2,7-11H2,(H,25,30). The molecule has 10 nitrogen and oxygen atoms in total. The highest BCUT2D eigenvalue weighted by Gasteiger charge is 2.25. The fourth-order valence-electron chi connectivity index (χ4n) is 3.99. The van der Waals surface area contributed by atoms with Crippen molar-refractivity contribution in [3.8, 4) is 6.07 Å². The first-order valence-electron chi connectivity index (χ1n) is 10.4. The zero-order valence-corrected chi connectivity index (χ0v) is 17.3. The minimum Gasteiger partial charge on any atom is -0.368 e. The van der Waals surface area contributed by atoms with Gasteiger partial charge in [0.05, 0.1) is 16.2 Å². The van der Waals surface area contributed by atoms with Crippen LogP contribution in [0.2, 0.25) is 0 Å². The molecule has 0 aromatic heterocycles. The van der Waals surface area contributed by atoms with Crippen molar-refractivity contribution in [1.29, 1.82) is 5.26 Å². The predicted octanol–water partition coefficient (Wildman–Crippen LogP) is 2.26. The zero-order valence-electron chi connectivity index (χ0n) is 17.3. The smallest absolute Gasteiger partial charge is 0.294 e. The number of hydrogen-bond donors (Lipinski definition) is 2. The van der Waals surface area contributed by atoms with E-state index in [2.05, 4.69) is 10.6 Å². The number of nitriles is 1. The number of carbonyl (C=O) groups is 2. The Morgan fingerprint density at radius 2 is 1.88 bits per heavy atom. The van der Waals surface area contributed by atoms with Crippen LogP contribution in [0.3, 0.4) is 0 Å². The van der Waals surface area contributed by atoms with Gasteiger partial charge in [-0.25, -0.2) is 0 Å². The van der Waals surface area contributed by atoms with Crippen molar-refractivity contribution in [1.82, 2.24) is 5.32 Å². The maximum atomic E-state index is 12.8. The molecule has 32 heavy (non-hydrogen) atoms. The van der Waals surface area contributed by atoms with Gasteiger partial charge in [0.1, 0.15) is 11.8 Å². The fourth-order valence-corrected chi connectivity index (χ4v) is 3.99. The topological polar surface area (TPSA) is 132 Å². The van der Waals surface area contributed by atoms with Crippen LogP contribution in [0.5, 0.6) is 0 Å². The van der Waals surface area contributed by atoms with Gasteiger partial charge in [0.25, 0.3) is 11.6 Å². The van der Waals surface area contributed by atoms with Gasteiger partial charge < -0.3 is 20.4 Å². The molecule has 0 bridgehead atoms. The van der Waals surface area contributed by atoms with E-state index in [0.717, 1.165) is 25.2 Å². The number of amides is 2. The number of nitrogens with one attached hydrogen (secondary N) is 2. The first-order valence-corrected chi connectivity index (χ1v) is 10.4. The van der Waals surface area contributed by atoms with Gasteiger partial charge in [0.2, 0.25) is 5.91 Å². The number of nitrogens with zero attached hydrogens (tertiary/aromatic N) is 4. The summed E-state index contributed by atoms with van der Waals surface area (Å²) >= 11 is 0. The van der Waals surface area contributed by atoms with Gasteiger partial charge >= 0.3 is 0 Å². The number of benzene rings is 2. The van der Waals surface area contributed by atoms with E-state index in [-0.39, 0.29) is 22.8 Å². The van der Waals surface area contributed by atoms with Gasteiger partial charge in [0, 0.05) is 56.5 Å². The number of carbonyl (C=O) groups excluding carboxylic acids is 2. The molecule has 0 unspecified atom stereocenters. The average Bonchev–Trinajstić information content (AvgIpc) is 3.25. The Bertz CT molecular complexity index is 1100. The van der Waals surface area contributed by atoms with Crippen molar-refractivity contribution < 1.29 is 14.5 Å². The molecule has 0 spiro atoms. The minimum atomic E-state index is -0.611. The summed E-state index contributed by atoms with van der Waals surface area (Å²) in [6.07, 6.45) is 1.32. The summed E-state index contributed by atoms with van der Waals surface area (Å²) in [6, 6.07) is 11.3. The maximum absolute atomic E-state index is 12.8. The molecule has 2 saturated heterocycles. The third-order valence-electron chi connectivity index (χ3n) is 5.65. The van der Waals surface area contributed by atoms with Crippen molar-refractivity contribution in [2.24, 2.45) is 0 Å². The van der Waals surface area contributed by atoms with Crippen molar-refractivity contribution in [3.63, 3.8) is 0 Å². The molecular formula is C22H22N6O4. The molecule has 2 N–H and O–H groups in total. The molecule has 2 aliphatic rings. The largest absolute Gasteiger partial charge is 0.368 e. The molecule has 2 amide bonds. The second-order valence-corrected chi connectivity index (χ2v) is 7.64. The van der Waals surface area contributed by atoms with E-state index in [0.29, 0.717) is 37.3 Å². The quantitative estimate of drug-likeness (QED) is 0.545. The number of anilines is 3. The first-order chi connectivity index (χ1) is 15.5. The number of hydrogen-bond acceptors (Lipinski definition) is 7. The Hall–Kier alpha value is -3.97. The van der Waals surface area contributed by atoms with Crippen molar-refractivity contribution in [2.45, 2.75) is 12.8 Å². The SMILES string of the molecule is N#Cc1cc([N+](=O)[O-])c(NC(=O)c2ccc(N3CCCC3=O)cc2)cc1N1CCNCC1. The second-order valence-electron chi connectivity index (χ2n) is 7.64. The number of nitro groups is 1. The Balaban J connectivity index is 1.60. The van der Waals surface area contributed by atoms with E-state index in [4.69, 9.17) is 0 Å². The van der Waals surface area contributed by atoms with Crippen LogP contribution in [0.15, 0.2) is 36.4 Å². The van der Waals surface area contributed by atoms with E-state index in [1.807, 2.05) is 11.0 Å². The van der Waals surface area contributed by atoms with Crippen molar-refractivity contribution in [2.75, 3.05) is 47.8 Å². The van der Waals surface area contributed by atoms with E-state index in [1.54, 1.807) is 29.2 Å². The summed E-state index contributed by atoms with van der Waals surface area (Å²) in [4.78, 5) is 39.4. The summed E-state index contributed by atoms with van der Waals surface area (Å²) < 4.78 is 0. The molecule has 164 valence electrons. The number of piperazine rings is 1. The molecular weight excluding hydrogens is 412 g/mol. The Labute approximate surface area is 184 Å². The summed E-state index contributed by atoms with van der Waals surface area (Å²) in [5, 5.41) is 27.0. The predicted molar refractivity (Wildman–Crippen MR) is 119 cm³/mol. The third kappa shape index (κ3) is 4.24. The van der Waals surface area contributed by atoms with E-state index in [9.17, 15) is 25.0 Å². The molecule has 0 radical (unpaired) electrons. The minimum absolute atomic E-state index is 0.0336. The fraction of sp³-hybridized carbons (Fsp3) is 0.318. The lowest BCUT2D eigenvalue weighted by Gasteiger charge is -2.30. The van der Waals surface area contributed by atoms with Crippen molar-refractivity contribution >= 4 is 34.6 Å². The van der Waals surface area contributed by atoms with Crippen LogP contribution < -0.4 is 20.4 Å². The van der Waals surface area contributed by atoms with Crippen LogP contribution in [-0.4, -0.2) is 49.5 Å². The van der Waals surface area contributed by atoms with Gasteiger partial charge in [-0.15, -0.1) is 0 Å². The highest BCUT2D eigenvalue weighted by Crippen LogP contribution is 2.34. The van der Waals surface area contributed by atoms with Gasteiger partial charge in [-0.3, -0.25) is 19.7 Å². The Morgan fingerprint density at radius 1 is 1.16 bits per heavy atom. The molecule has 2 aliphatic heterocycles. The van der Waals surface area contributed by atoms with Crippen LogP contribution in [-0.2, 0) is 4.79 Å². The molecule has 0 saturated carbocycles. The van der Waals surface area contributed by atoms with Crippen LogP contribution >= 0.6 is 0 Å². The molecule has 0 aliphatic carbocycles. The lowest BCUT2D eigenvalue weighted by atomic mass is 10.1. The summed E-state index contributed by atoms with van der Waals surface area (Å²) in [6.45, 7) is 3.41. The summed E-state index contributed by atoms with van der Waals surface area (Å²) in [7, 11) is 0. The van der Waals surface area contributed by atoms with Gasteiger partial charge in [0.15, 0.2) is 0 Å². The van der Waals surface area contributed by atoms with E-state index in [1.165, 1.54) is 12.1 Å². The monoisotopic (exact) mass is 434 g/mol. The molecule has 0 atom stereocenters. The Kier molecular flexibility index (Phi) is 6.00. The maximum Gasteiger partial charge on any atom is 0.294 e. The highest BCUT2D eigenvalue weighted by atomic mass is 16.6. The van der Waals surface area contributed by atoms with E-state index >= 15 is 0 Å². The van der Waals surface area contributed by atoms with Crippen LogP contribution in [0.4, 0.5) is 22.7 Å². The van der Waals surface area contributed by atoms with Crippen molar-refractivity contribution in [3.05, 3.63) is 57.6 Å². The Morgan fingerprint density at radius 3 is 2.47 bits per heavy atom. The molecule has 2 fully saturated rings. The summed E-state index contributed by atoms with van der Waals surface area (Å²) in [5.74, 6) is -0.459. The molecule has 2 heterocycles. The normalized spacial score (nSPS) is 16.0. The average molecular weight is 434 g/mol. The van der Waals surface area contributed by atoms with Crippen LogP contribution in [0.1, 0.15) is 28.8 Å². The molecule has 2 aromatic rings. The highest BCUT2D eigenvalue weighted by molar-refractivity contribution is 6.06. The van der Waals surface area contributed by atoms with Crippen LogP contribution in [0, 0.1) is 21.4 Å². The molecule has 4 rings (SSSR count). The lowest BCUT2D eigenvalue weighted by Crippen LogP contribution is -2.43. The third-order valence-corrected chi connectivity index (χ3v) is 5.65. The van der Waals surface area contributed by atoms with Gasteiger partial charge in [-0.05, 0) is 36.8 Å². The zero-order chi connectivity index (χ0) is 22.7. The van der Waals surface area contributed by atoms with Crippen LogP contribution in [0.25, 0.3) is 0 Å². The second kappa shape index (κ2) is 9.03. The van der Waals surface area contributed by atoms with Gasteiger partial charge in [-0.2, -0.15) is 5.26 Å². The molecule has 2 aromatic carbocycles.